The Labute approximate surface area is 86.2 Å². The van der Waals surface area contributed by atoms with Gasteiger partial charge in [0.1, 0.15) is 6.04 Å². The van der Waals surface area contributed by atoms with Gasteiger partial charge < -0.3 is 10.8 Å². The third-order valence-electron chi connectivity index (χ3n) is 1.94. The molecular formula is C8H13N3O2S. The SMILES string of the molecule is CN(Cc1cscn1)C(CN)C(=O)O. The second-order valence-corrected chi connectivity index (χ2v) is 3.70. The molecule has 6 heteroatoms. The van der Waals surface area contributed by atoms with E-state index in [1.165, 1.54) is 11.3 Å². The van der Waals surface area contributed by atoms with Crippen molar-refractivity contribution in [3.05, 3.63) is 16.6 Å². The Morgan fingerprint density at radius 1 is 1.86 bits per heavy atom. The van der Waals surface area contributed by atoms with Crippen LogP contribution in [-0.2, 0) is 11.3 Å². The molecule has 0 saturated carbocycles. The molecule has 1 heterocycles. The Morgan fingerprint density at radius 3 is 3.00 bits per heavy atom. The first kappa shape index (κ1) is 11.1. The van der Waals surface area contributed by atoms with Crippen molar-refractivity contribution >= 4 is 17.3 Å². The number of likely N-dealkylation sites (N-methyl/N-ethyl adjacent to an activating group) is 1. The van der Waals surface area contributed by atoms with E-state index < -0.39 is 12.0 Å². The third-order valence-corrected chi connectivity index (χ3v) is 2.57. The maximum Gasteiger partial charge on any atom is 0.322 e. The molecule has 0 spiro atoms. The van der Waals surface area contributed by atoms with Crippen molar-refractivity contribution in [1.29, 1.82) is 0 Å². The molecule has 1 aromatic heterocycles. The highest BCUT2D eigenvalue weighted by molar-refractivity contribution is 7.07. The minimum Gasteiger partial charge on any atom is -0.480 e. The molecule has 14 heavy (non-hydrogen) atoms. The number of nitrogens with zero attached hydrogens (tertiary/aromatic N) is 2. The number of hydrogen-bond acceptors (Lipinski definition) is 5. The highest BCUT2D eigenvalue weighted by atomic mass is 32.1. The van der Waals surface area contributed by atoms with Crippen molar-refractivity contribution in [2.24, 2.45) is 5.73 Å². The lowest BCUT2D eigenvalue weighted by atomic mass is 10.2. The summed E-state index contributed by atoms with van der Waals surface area (Å²) in [5, 5.41) is 10.7. The highest BCUT2D eigenvalue weighted by Crippen LogP contribution is 2.06. The summed E-state index contributed by atoms with van der Waals surface area (Å²) in [4.78, 5) is 16.5. The zero-order valence-corrected chi connectivity index (χ0v) is 8.70. The van der Waals surface area contributed by atoms with E-state index in [0.29, 0.717) is 6.54 Å². The number of aromatic nitrogens is 1. The Bertz CT molecular complexity index is 289. The van der Waals surface area contributed by atoms with Crippen molar-refractivity contribution in [3.8, 4) is 0 Å². The number of hydrogen-bond donors (Lipinski definition) is 2. The minimum atomic E-state index is -0.898. The Morgan fingerprint density at radius 2 is 2.57 bits per heavy atom. The lowest BCUT2D eigenvalue weighted by Gasteiger charge is -2.21. The van der Waals surface area contributed by atoms with Gasteiger partial charge in [-0.15, -0.1) is 11.3 Å². The van der Waals surface area contributed by atoms with Gasteiger partial charge >= 0.3 is 5.97 Å². The first-order valence-electron chi connectivity index (χ1n) is 4.15. The molecule has 0 fully saturated rings. The molecule has 1 rings (SSSR count). The van der Waals surface area contributed by atoms with Gasteiger partial charge in [-0.05, 0) is 7.05 Å². The van der Waals surface area contributed by atoms with Crippen molar-refractivity contribution in [2.75, 3.05) is 13.6 Å². The normalized spacial score (nSPS) is 13.1. The van der Waals surface area contributed by atoms with Crippen LogP contribution in [0.15, 0.2) is 10.9 Å². The van der Waals surface area contributed by atoms with Crippen LogP contribution >= 0.6 is 11.3 Å². The van der Waals surface area contributed by atoms with Crippen molar-refractivity contribution < 1.29 is 9.90 Å². The average molecular weight is 215 g/mol. The van der Waals surface area contributed by atoms with Crippen LogP contribution in [0.5, 0.6) is 0 Å². The van der Waals surface area contributed by atoms with E-state index in [-0.39, 0.29) is 6.54 Å². The Balaban J connectivity index is 2.56. The maximum atomic E-state index is 10.8. The number of carbonyl (C=O) groups is 1. The maximum absolute atomic E-state index is 10.8. The van der Waals surface area contributed by atoms with Gasteiger partial charge in [-0.25, -0.2) is 4.98 Å². The molecule has 1 aromatic rings. The molecule has 0 radical (unpaired) electrons. The predicted molar refractivity (Wildman–Crippen MR) is 54.1 cm³/mol. The molecule has 0 aliphatic rings. The van der Waals surface area contributed by atoms with Crippen LogP contribution in [0.1, 0.15) is 5.69 Å². The fourth-order valence-corrected chi connectivity index (χ4v) is 1.70. The molecule has 0 aromatic carbocycles. The molecule has 0 saturated heterocycles. The summed E-state index contributed by atoms with van der Waals surface area (Å²) >= 11 is 1.49. The largest absolute Gasteiger partial charge is 0.480 e. The van der Waals surface area contributed by atoms with Gasteiger partial charge in [0.2, 0.25) is 0 Å². The quantitative estimate of drug-likeness (QED) is 0.722. The number of carboxylic acids is 1. The monoisotopic (exact) mass is 215 g/mol. The molecule has 5 nitrogen and oxygen atoms in total. The number of nitrogens with two attached hydrogens (primary N) is 1. The lowest BCUT2D eigenvalue weighted by molar-refractivity contribution is -0.142. The summed E-state index contributed by atoms with van der Waals surface area (Å²) in [5.74, 6) is -0.898. The predicted octanol–water partition coefficient (Wildman–Crippen LogP) is -0.0132. The molecule has 0 bridgehead atoms. The summed E-state index contributed by atoms with van der Waals surface area (Å²) in [6.45, 7) is 0.619. The molecule has 1 atom stereocenters. The molecule has 0 aliphatic carbocycles. The van der Waals surface area contributed by atoms with E-state index >= 15 is 0 Å². The van der Waals surface area contributed by atoms with Gasteiger partial charge in [0.25, 0.3) is 0 Å². The Hall–Kier alpha value is -0.980. The van der Waals surface area contributed by atoms with Crippen LogP contribution in [0.2, 0.25) is 0 Å². The fourth-order valence-electron chi connectivity index (χ4n) is 1.15. The molecule has 3 N–H and O–H groups in total. The summed E-state index contributed by atoms with van der Waals surface area (Å²) in [6.07, 6.45) is 0. The van der Waals surface area contributed by atoms with Crippen LogP contribution in [-0.4, -0.2) is 40.6 Å². The van der Waals surface area contributed by atoms with Gasteiger partial charge in [-0.1, -0.05) is 0 Å². The van der Waals surface area contributed by atoms with Crippen molar-refractivity contribution in [3.63, 3.8) is 0 Å². The van der Waals surface area contributed by atoms with Crippen LogP contribution in [0.25, 0.3) is 0 Å². The van der Waals surface area contributed by atoms with E-state index in [2.05, 4.69) is 4.98 Å². The van der Waals surface area contributed by atoms with Gasteiger partial charge in [-0.3, -0.25) is 9.69 Å². The molecule has 0 aliphatic heterocycles. The van der Waals surface area contributed by atoms with Crippen LogP contribution in [0.4, 0.5) is 0 Å². The number of aliphatic carboxylic acids is 1. The third kappa shape index (κ3) is 2.76. The van der Waals surface area contributed by atoms with E-state index in [1.807, 2.05) is 5.38 Å². The minimum absolute atomic E-state index is 0.107. The summed E-state index contributed by atoms with van der Waals surface area (Å²) in [5.41, 5.74) is 7.96. The van der Waals surface area contributed by atoms with Crippen LogP contribution in [0, 0.1) is 0 Å². The first-order chi connectivity index (χ1) is 6.65. The topological polar surface area (TPSA) is 79.5 Å². The average Bonchev–Trinajstić information content (AvgIpc) is 2.57. The standard InChI is InChI=1S/C8H13N3O2S/c1-11(7(2-9)8(12)13)3-6-4-14-5-10-6/h4-5,7H,2-3,9H2,1H3,(H,12,13). The zero-order chi connectivity index (χ0) is 10.6. The summed E-state index contributed by atoms with van der Waals surface area (Å²) in [7, 11) is 1.73. The fraction of sp³-hybridized carbons (Fsp3) is 0.500. The molecular weight excluding hydrogens is 202 g/mol. The number of rotatable bonds is 5. The number of thiazole rings is 1. The summed E-state index contributed by atoms with van der Waals surface area (Å²) < 4.78 is 0. The van der Waals surface area contributed by atoms with Crippen LogP contribution < -0.4 is 5.73 Å². The second kappa shape index (κ2) is 5.04. The Kier molecular flexibility index (Phi) is 3.99. The molecule has 1 unspecified atom stereocenters. The van der Waals surface area contributed by atoms with Crippen LogP contribution in [0.3, 0.4) is 0 Å². The van der Waals surface area contributed by atoms with E-state index in [9.17, 15) is 4.79 Å². The zero-order valence-electron chi connectivity index (χ0n) is 7.88. The van der Waals surface area contributed by atoms with Gasteiger partial charge in [-0.2, -0.15) is 0 Å². The smallest absolute Gasteiger partial charge is 0.322 e. The second-order valence-electron chi connectivity index (χ2n) is 2.98. The van der Waals surface area contributed by atoms with Gasteiger partial charge in [0.15, 0.2) is 0 Å². The highest BCUT2D eigenvalue weighted by Gasteiger charge is 2.20. The van der Waals surface area contributed by atoms with Gasteiger partial charge in [0, 0.05) is 18.5 Å². The molecule has 78 valence electrons. The number of carboxylic acid groups (broad SMARTS) is 1. The van der Waals surface area contributed by atoms with Crippen molar-refractivity contribution in [1.82, 2.24) is 9.88 Å². The van der Waals surface area contributed by atoms with E-state index in [0.717, 1.165) is 5.69 Å². The molecule has 0 amide bonds. The lowest BCUT2D eigenvalue weighted by Crippen LogP contribution is -2.43. The van der Waals surface area contributed by atoms with E-state index in [1.54, 1.807) is 17.5 Å². The van der Waals surface area contributed by atoms with E-state index in [4.69, 9.17) is 10.8 Å². The van der Waals surface area contributed by atoms with Gasteiger partial charge in [0.05, 0.1) is 11.2 Å². The first-order valence-corrected chi connectivity index (χ1v) is 5.09. The summed E-state index contributed by atoms with van der Waals surface area (Å²) in [6, 6.07) is -0.642. The van der Waals surface area contributed by atoms with Crippen molar-refractivity contribution in [2.45, 2.75) is 12.6 Å².